The zero-order chi connectivity index (χ0) is 13.7. The Bertz CT molecular complexity index is 418. The third-order valence-electron chi connectivity index (χ3n) is 2.74. The average molecular weight is 253 g/mol. The van der Waals surface area contributed by atoms with Crippen LogP contribution in [-0.4, -0.2) is 46.6 Å². The summed E-state index contributed by atoms with van der Waals surface area (Å²) in [6.07, 6.45) is 0.865. The van der Waals surface area contributed by atoms with Gasteiger partial charge in [0.2, 0.25) is 0 Å². The first kappa shape index (κ1) is 14.3. The smallest absolute Gasteiger partial charge is 0.164 e. The molecule has 0 spiro atoms. The minimum absolute atomic E-state index is 0.389. The van der Waals surface area contributed by atoms with Gasteiger partial charge in [0, 0.05) is 11.6 Å². The van der Waals surface area contributed by atoms with Crippen molar-refractivity contribution in [2.45, 2.75) is 6.04 Å². The van der Waals surface area contributed by atoms with Crippen LogP contribution >= 0.6 is 0 Å². The molecule has 0 bridgehead atoms. The lowest BCUT2D eigenvalue weighted by molar-refractivity contribution is -0.111. The molecule has 0 radical (unpaired) electrons. The first-order chi connectivity index (χ1) is 8.58. The van der Waals surface area contributed by atoms with Crippen LogP contribution in [0.3, 0.4) is 0 Å². The van der Waals surface area contributed by atoms with Crippen LogP contribution in [0.4, 0.5) is 0 Å². The lowest BCUT2D eigenvalue weighted by atomic mass is 10.0. The topological polar surface area (TPSA) is 48.0 Å². The molecule has 100 valence electrons. The molecule has 5 heteroatoms. The third kappa shape index (κ3) is 2.73. The minimum Gasteiger partial charge on any atom is -0.496 e. The second-order valence-corrected chi connectivity index (χ2v) is 3.99. The van der Waals surface area contributed by atoms with Gasteiger partial charge in [0.1, 0.15) is 12.0 Å². The molecule has 1 aromatic carbocycles. The van der Waals surface area contributed by atoms with Crippen molar-refractivity contribution in [1.82, 2.24) is 4.90 Å². The summed E-state index contributed by atoms with van der Waals surface area (Å²) in [6, 6.07) is 3.09. The van der Waals surface area contributed by atoms with Crippen LogP contribution in [0.15, 0.2) is 12.1 Å². The highest BCUT2D eigenvalue weighted by Crippen LogP contribution is 2.38. The molecule has 5 nitrogen and oxygen atoms in total. The van der Waals surface area contributed by atoms with E-state index in [1.165, 1.54) is 0 Å². The molecule has 0 N–H and O–H groups in total. The number of nitrogens with zero attached hydrogens (tertiary/aromatic N) is 1. The molecular formula is C13H19NO4. The predicted octanol–water partition coefficient (Wildman–Crippen LogP) is 1.51. The number of methoxy groups -OCH3 is 3. The summed E-state index contributed by atoms with van der Waals surface area (Å²) in [4.78, 5) is 13.0. The Morgan fingerprint density at radius 1 is 1.00 bits per heavy atom. The van der Waals surface area contributed by atoms with Gasteiger partial charge in [-0.2, -0.15) is 0 Å². The lowest BCUT2D eigenvalue weighted by Gasteiger charge is -2.22. The largest absolute Gasteiger partial charge is 0.496 e. The molecule has 1 rings (SSSR count). The van der Waals surface area contributed by atoms with Gasteiger partial charge in [-0.1, -0.05) is 0 Å². The molecule has 0 amide bonds. The van der Waals surface area contributed by atoms with Gasteiger partial charge >= 0.3 is 0 Å². The number of hydrogen-bond donors (Lipinski definition) is 0. The fourth-order valence-electron chi connectivity index (χ4n) is 1.76. The SMILES string of the molecule is COc1cc(OC)c(C(C=O)N(C)C)cc1OC. The molecule has 0 fully saturated rings. The van der Waals surface area contributed by atoms with Crippen molar-refractivity contribution >= 4 is 6.29 Å². The molecule has 0 aromatic heterocycles. The maximum Gasteiger partial charge on any atom is 0.164 e. The molecule has 0 aliphatic carbocycles. The molecule has 0 saturated carbocycles. The number of carbonyl (C=O) groups excluding carboxylic acids is 1. The van der Waals surface area contributed by atoms with Crippen LogP contribution in [0.1, 0.15) is 11.6 Å². The number of ether oxygens (including phenoxy) is 3. The monoisotopic (exact) mass is 253 g/mol. The zero-order valence-electron chi connectivity index (χ0n) is 11.4. The van der Waals surface area contributed by atoms with Gasteiger partial charge in [-0.3, -0.25) is 4.90 Å². The first-order valence-electron chi connectivity index (χ1n) is 5.50. The molecular weight excluding hydrogens is 234 g/mol. The highest BCUT2D eigenvalue weighted by atomic mass is 16.5. The van der Waals surface area contributed by atoms with Crippen LogP contribution < -0.4 is 14.2 Å². The molecule has 0 heterocycles. The Balaban J connectivity index is 3.36. The van der Waals surface area contributed by atoms with Crippen molar-refractivity contribution in [2.75, 3.05) is 35.4 Å². The van der Waals surface area contributed by atoms with Crippen LogP contribution in [0.25, 0.3) is 0 Å². The summed E-state index contributed by atoms with van der Waals surface area (Å²) in [7, 11) is 8.33. The molecule has 0 aliphatic heterocycles. The number of rotatable bonds is 6. The number of hydrogen-bond acceptors (Lipinski definition) is 5. The summed E-state index contributed by atoms with van der Waals surface area (Å²) in [5.74, 6) is 1.74. The zero-order valence-corrected chi connectivity index (χ0v) is 11.4. The van der Waals surface area contributed by atoms with Gasteiger partial charge in [-0.15, -0.1) is 0 Å². The van der Waals surface area contributed by atoms with Crippen molar-refractivity contribution in [3.63, 3.8) is 0 Å². The van der Waals surface area contributed by atoms with Crippen molar-refractivity contribution in [2.24, 2.45) is 0 Å². The van der Waals surface area contributed by atoms with Gasteiger partial charge < -0.3 is 19.0 Å². The van der Waals surface area contributed by atoms with Crippen LogP contribution in [0.2, 0.25) is 0 Å². The summed E-state index contributed by atoms with van der Waals surface area (Å²) in [5.41, 5.74) is 0.746. The van der Waals surface area contributed by atoms with Crippen molar-refractivity contribution in [3.05, 3.63) is 17.7 Å². The maximum absolute atomic E-state index is 11.2. The standard InChI is InChI=1S/C13H19NO4/c1-14(2)10(8-15)9-6-12(17-4)13(18-5)7-11(9)16-3/h6-8,10H,1-5H3. The highest BCUT2D eigenvalue weighted by molar-refractivity contribution is 5.66. The Labute approximate surface area is 107 Å². The van der Waals surface area contributed by atoms with Gasteiger partial charge in [-0.05, 0) is 20.2 Å². The van der Waals surface area contributed by atoms with E-state index in [1.54, 1.807) is 38.4 Å². The molecule has 1 unspecified atom stereocenters. The lowest BCUT2D eigenvalue weighted by Crippen LogP contribution is -2.21. The molecule has 1 aromatic rings. The first-order valence-corrected chi connectivity index (χ1v) is 5.50. The molecule has 18 heavy (non-hydrogen) atoms. The number of carbonyl (C=O) groups is 1. The number of likely N-dealkylation sites (N-methyl/N-ethyl adjacent to an activating group) is 1. The summed E-state index contributed by atoms with van der Waals surface area (Å²) < 4.78 is 15.7. The van der Waals surface area contributed by atoms with Crippen molar-refractivity contribution in [1.29, 1.82) is 0 Å². The second-order valence-electron chi connectivity index (χ2n) is 3.99. The van der Waals surface area contributed by atoms with Crippen LogP contribution in [-0.2, 0) is 4.79 Å². The summed E-state index contributed by atoms with van der Waals surface area (Å²) in [5, 5.41) is 0. The van der Waals surface area contributed by atoms with E-state index in [0.29, 0.717) is 17.2 Å². The van der Waals surface area contributed by atoms with Crippen LogP contribution in [0.5, 0.6) is 17.2 Å². The van der Waals surface area contributed by atoms with E-state index in [0.717, 1.165) is 11.8 Å². The fraction of sp³-hybridized carbons (Fsp3) is 0.462. The van der Waals surface area contributed by atoms with Crippen molar-refractivity contribution in [3.8, 4) is 17.2 Å². The highest BCUT2D eigenvalue weighted by Gasteiger charge is 2.21. The molecule has 0 saturated heterocycles. The Kier molecular flexibility index (Phi) is 4.97. The predicted molar refractivity (Wildman–Crippen MR) is 68.6 cm³/mol. The fourth-order valence-corrected chi connectivity index (χ4v) is 1.76. The molecule has 1 atom stereocenters. The van der Waals surface area contributed by atoms with Crippen LogP contribution in [0, 0.1) is 0 Å². The van der Waals surface area contributed by atoms with E-state index < -0.39 is 0 Å². The quantitative estimate of drug-likeness (QED) is 0.719. The minimum atomic E-state index is -0.389. The summed E-state index contributed by atoms with van der Waals surface area (Å²) in [6.45, 7) is 0. The van der Waals surface area contributed by atoms with E-state index in [-0.39, 0.29) is 6.04 Å². The summed E-state index contributed by atoms with van der Waals surface area (Å²) >= 11 is 0. The average Bonchev–Trinajstić information content (AvgIpc) is 2.38. The van der Waals surface area contributed by atoms with E-state index in [1.807, 2.05) is 14.1 Å². The Hall–Kier alpha value is -1.75. The van der Waals surface area contributed by atoms with Gasteiger partial charge in [0.25, 0.3) is 0 Å². The van der Waals surface area contributed by atoms with Crippen molar-refractivity contribution < 1.29 is 19.0 Å². The number of aldehydes is 1. The second kappa shape index (κ2) is 6.26. The Morgan fingerprint density at radius 2 is 1.50 bits per heavy atom. The Morgan fingerprint density at radius 3 is 1.89 bits per heavy atom. The van der Waals surface area contributed by atoms with E-state index >= 15 is 0 Å². The van der Waals surface area contributed by atoms with E-state index in [2.05, 4.69) is 0 Å². The van der Waals surface area contributed by atoms with Gasteiger partial charge in [-0.25, -0.2) is 0 Å². The van der Waals surface area contributed by atoms with Gasteiger partial charge in [0.05, 0.1) is 27.4 Å². The molecule has 0 aliphatic rings. The normalized spacial score (nSPS) is 12.1. The van der Waals surface area contributed by atoms with Gasteiger partial charge in [0.15, 0.2) is 11.5 Å². The third-order valence-corrected chi connectivity index (χ3v) is 2.74. The number of benzene rings is 1. The van der Waals surface area contributed by atoms with E-state index in [4.69, 9.17) is 14.2 Å². The maximum atomic E-state index is 11.2. The van der Waals surface area contributed by atoms with E-state index in [9.17, 15) is 4.79 Å².